The molecule has 26 heavy (non-hydrogen) atoms. The van der Waals surface area contributed by atoms with Crippen LogP contribution in [0.15, 0.2) is 42.5 Å². The number of ether oxygens (including phenoxy) is 2. The van der Waals surface area contributed by atoms with E-state index in [4.69, 9.17) is 21.1 Å². The van der Waals surface area contributed by atoms with E-state index in [9.17, 15) is 15.3 Å². The minimum atomic E-state index is -1.08. The van der Waals surface area contributed by atoms with Gasteiger partial charge in [-0.2, -0.15) is 0 Å². The molecule has 5 nitrogen and oxygen atoms in total. The Kier molecular flexibility index (Phi) is 6.16. The third-order valence-electron chi connectivity index (χ3n) is 4.74. The largest absolute Gasteiger partial charge is 0.497 e. The Labute approximate surface area is 157 Å². The third kappa shape index (κ3) is 4.19. The predicted octanol–water partition coefficient (Wildman–Crippen LogP) is 2.48. The molecule has 0 radical (unpaired) electrons. The van der Waals surface area contributed by atoms with Crippen LogP contribution in [-0.2, 0) is 11.2 Å². The van der Waals surface area contributed by atoms with Crippen molar-refractivity contribution in [3.63, 3.8) is 0 Å². The zero-order valence-corrected chi connectivity index (χ0v) is 15.3. The maximum Gasteiger partial charge on any atom is 0.118 e. The lowest BCUT2D eigenvalue weighted by molar-refractivity contribution is -0.181. The van der Waals surface area contributed by atoms with Crippen LogP contribution in [0.1, 0.15) is 29.2 Å². The Bertz CT molecular complexity index is 733. The Morgan fingerprint density at radius 3 is 2.54 bits per heavy atom. The van der Waals surface area contributed by atoms with E-state index >= 15 is 0 Å². The fraction of sp³-hybridized carbons (Fsp3) is 0.400. The maximum atomic E-state index is 10.0. The maximum absolute atomic E-state index is 10.0. The summed E-state index contributed by atoms with van der Waals surface area (Å²) in [6.07, 6.45) is -2.31. The van der Waals surface area contributed by atoms with Crippen molar-refractivity contribution in [1.82, 2.24) is 0 Å². The SMILES string of the molecule is COc1ccc(Cc2cc(C3CC(O)C(O)C(CO)O3)ccc2Cl)cc1. The molecule has 0 saturated carbocycles. The number of methoxy groups -OCH3 is 1. The Hall–Kier alpha value is -1.63. The lowest BCUT2D eigenvalue weighted by Gasteiger charge is -2.36. The fourth-order valence-corrected chi connectivity index (χ4v) is 3.40. The molecule has 1 aliphatic rings. The molecule has 0 amide bonds. The van der Waals surface area contributed by atoms with Gasteiger partial charge in [0.15, 0.2) is 0 Å². The van der Waals surface area contributed by atoms with Crippen LogP contribution in [0.2, 0.25) is 5.02 Å². The summed E-state index contributed by atoms with van der Waals surface area (Å²) in [4.78, 5) is 0. The van der Waals surface area contributed by atoms with E-state index in [1.54, 1.807) is 7.11 Å². The Balaban J connectivity index is 1.80. The first-order valence-electron chi connectivity index (χ1n) is 8.55. The second-order valence-electron chi connectivity index (χ2n) is 6.52. The van der Waals surface area contributed by atoms with Crippen molar-refractivity contribution in [2.24, 2.45) is 0 Å². The van der Waals surface area contributed by atoms with E-state index in [1.165, 1.54) is 0 Å². The lowest BCUT2D eigenvalue weighted by Crippen LogP contribution is -2.47. The number of aliphatic hydroxyl groups excluding tert-OH is 3. The van der Waals surface area contributed by atoms with Gasteiger partial charge in [0.2, 0.25) is 0 Å². The van der Waals surface area contributed by atoms with Gasteiger partial charge in [0.25, 0.3) is 0 Å². The molecule has 1 fully saturated rings. The fourth-order valence-electron chi connectivity index (χ4n) is 3.21. The smallest absolute Gasteiger partial charge is 0.118 e. The van der Waals surface area contributed by atoms with Crippen molar-refractivity contribution in [1.29, 1.82) is 0 Å². The van der Waals surface area contributed by atoms with Gasteiger partial charge < -0.3 is 24.8 Å². The van der Waals surface area contributed by atoms with E-state index in [1.807, 2.05) is 42.5 Å². The average molecular weight is 379 g/mol. The van der Waals surface area contributed by atoms with E-state index in [0.29, 0.717) is 11.4 Å². The van der Waals surface area contributed by atoms with Gasteiger partial charge in [0.05, 0.1) is 25.9 Å². The summed E-state index contributed by atoms with van der Waals surface area (Å²) in [7, 11) is 1.63. The first-order chi connectivity index (χ1) is 12.5. The normalized spacial score (nSPS) is 25.9. The van der Waals surface area contributed by atoms with Crippen LogP contribution in [0.5, 0.6) is 5.75 Å². The molecule has 0 aliphatic carbocycles. The van der Waals surface area contributed by atoms with Crippen molar-refractivity contribution in [3.05, 3.63) is 64.2 Å². The van der Waals surface area contributed by atoms with E-state index in [2.05, 4.69) is 0 Å². The molecule has 140 valence electrons. The summed E-state index contributed by atoms with van der Waals surface area (Å²) in [5, 5.41) is 29.9. The topological polar surface area (TPSA) is 79.2 Å². The number of rotatable bonds is 5. The first kappa shape index (κ1) is 19.1. The van der Waals surface area contributed by atoms with Crippen LogP contribution in [0, 0.1) is 0 Å². The summed E-state index contributed by atoms with van der Waals surface area (Å²) >= 11 is 6.36. The molecule has 3 rings (SSSR count). The summed E-state index contributed by atoms with van der Waals surface area (Å²) in [6, 6.07) is 13.4. The van der Waals surface area contributed by atoms with Gasteiger partial charge >= 0.3 is 0 Å². The van der Waals surface area contributed by atoms with Gasteiger partial charge in [-0.1, -0.05) is 35.9 Å². The van der Waals surface area contributed by atoms with Crippen LogP contribution in [0.3, 0.4) is 0 Å². The van der Waals surface area contributed by atoms with Gasteiger partial charge in [-0.25, -0.2) is 0 Å². The molecule has 4 unspecified atom stereocenters. The number of hydrogen-bond acceptors (Lipinski definition) is 5. The number of benzene rings is 2. The van der Waals surface area contributed by atoms with E-state index < -0.39 is 24.4 Å². The van der Waals surface area contributed by atoms with Crippen molar-refractivity contribution in [3.8, 4) is 5.75 Å². The van der Waals surface area contributed by atoms with Crippen molar-refractivity contribution in [2.75, 3.05) is 13.7 Å². The van der Waals surface area contributed by atoms with Gasteiger partial charge in [0, 0.05) is 11.4 Å². The first-order valence-corrected chi connectivity index (χ1v) is 8.93. The highest BCUT2D eigenvalue weighted by Crippen LogP contribution is 2.34. The van der Waals surface area contributed by atoms with Crippen molar-refractivity contribution >= 4 is 11.6 Å². The standard InChI is InChI=1S/C20H23ClO5/c1-25-15-5-2-12(3-6-15)8-14-9-13(4-7-16(14)21)18-10-17(23)20(24)19(11-22)26-18/h2-7,9,17-20,22-24H,8,10-11H2,1H3. The molecule has 1 saturated heterocycles. The van der Waals surface area contributed by atoms with Gasteiger partial charge in [-0.15, -0.1) is 0 Å². The summed E-state index contributed by atoms with van der Waals surface area (Å²) in [6.45, 7) is -0.346. The highest BCUT2D eigenvalue weighted by molar-refractivity contribution is 6.31. The van der Waals surface area contributed by atoms with Crippen LogP contribution < -0.4 is 4.74 Å². The second-order valence-corrected chi connectivity index (χ2v) is 6.92. The van der Waals surface area contributed by atoms with Crippen molar-refractivity contribution < 1.29 is 24.8 Å². The van der Waals surface area contributed by atoms with Gasteiger partial charge in [0.1, 0.15) is 18.0 Å². The number of aliphatic hydroxyl groups is 3. The molecule has 2 aromatic carbocycles. The highest BCUT2D eigenvalue weighted by atomic mass is 35.5. The van der Waals surface area contributed by atoms with Gasteiger partial charge in [-0.05, 0) is 41.3 Å². The molecular weight excluding hydrogens is 356 g/mol. The Morgan fingerprint density at radius 1 is 1.15 bits per heavy atom. The summed E-state index contributed by atoms with van der Waals surface area (Å²) in [5.74, 6) is 0.798. The molecular formula is C20H23ClO5. The molecule has 4 atom stereocenters. The third-order valence-corrected chi connectivity index (χ3v) is 5.11. The van der Waals surface area contributed by atoms with Crippen molar-refractivity contribution in [2.45, 2.75) is 37.3 Å². The Morgan fingerprint density at radius 2 is 1.88 bits per heavy atom. The molecule has 1 aliphatic heterocycles. The van der Waals surface area contributed by atoms with Gasteiger partial charge in [-0.3, -0.25) is 0 Å². The molecule has 0 aromatic heterocycles. The number of halogens is 1. The van der Waals surface area contributed by atoms with Crippen LogP contribution in [0.4, 0.5) is 0 Å². The predicted molar refractivity (Wildman–Crippen MR) is 98.6 cm³/mol. The highest BCUT2D eigenvalue weighted by Gasteiger charge is 2.37. The molecule has 2 aromatic rings. The quantitative estimate of drug-likeness (QED) is 0.745. The monoisotopic (exact) mass is 378 g/mol. The molecule has 1 heterocycles. The molecule has 0 spiro atoms. The average Bonchev–Trinajstić information content (AvgIpc) is 2.66. The zero-order chi connectivity index (χ0) is 18.7. The van der Waals surface area contributed by atoms with E-state index in [0.717, 1.165) is 22.4 Å². The molecule has 0 bridgehead atoms. The van der Waals surface area contributed by atoms with E-state index in [-0.39, 0.29) is 13.0 Å². The summed E-state index contributed by atoms with van der Waals surface area (Å²) < 4.78 is 10.9. The molecule has 6 heteroatoms. The van der Waals surface area contributed by atoms with Crippen LogP contribution in [0.25, 0.3) is 0 Å². The summed E-state index contributed by atoms with van der Waals surface area (Å²) in [5.41, 5.74) is 2.90. The second kappa shape index (κ2) is 8.37. The number of hydrogen-bond donors (Lipinski definition) is 3. The minimum absolute atomic E-state index is 0.265. The lowest BCUT2D eigenvalue weighted by atomic mass is 9.92. The van der Waals surface area contributed by atoms with Crippen LogP contribution in [-0.4, -0.2) is 47.3 Å². The molecule has 3 N–H and O–H groups in total. The minimum Gasteiger partial charge on any atom is -0.497 e. The zero-order valence-electron chi connectivity index (χ0n) is 14.5. The van der Waals surface area contributed by atoms with Crippen LogP contribution >= 0.6 is 11.6 Å².